The first-order chi connectivity index (χ1) is 14.8. The number of piperidine rings is 1. The van der Waals surface area contributed by atoms with Crippen LogP contribution in [0.3, 0.4) is 0 Å². The predicted octanol–water partition coefficient (Wildman–Crippen LogP) is -0.866. The summed E-state index contributed by atoms with van der Waals surface area (Å²) < 4.78 is 41.4. The molecule has 12 nitrogen and oxygen atoms in total. The molecular formula is C17H29N9O3S2. The topological polar surface area (TPSA) is 205 Å². The smallest absolute Gasteiger partial charge is 0.242 e. The summed E-state index contributed by atoms with van der Waals surface area (Å²) in [5, 5.41) is 15.4. The highest BCUT2D eigenvalue weighted by Gasteiger charge is 2.32. The number of nitrogens with one attached hydrogen (secondary N) is 3. The van der Waals surface area contributed by atoms with Gasteiger partial charge in [-0.1, -0.05) is 5.22 Å². The van der Waals surface area contributed by atoms with E-state index in [0.717, 1.165) is 12.8 Å². The monoisotopic (exact) mass is 471 g/mol. The van der Waals surface area contributed by atoms with Crippen LogP contribution in [0.2, 0.25) is 0 Å². The molecule has 9 N–H and O–H groups in total. The normalized spacial score (nSPS) is 21.9. The number of hydrogen-bond donors (Lipinski definition) is 6. The first-order valence-electron chi connectivity index (χ1n) is 10.00. The Morgan fingerprint density at radius 3 is 2.58 bits per heavy atom. The molecule has 0 aliphatic carbocycles. The Morgan fingerprint density at radius 1 is 1.32 bits per heavy atom. The average Bonchev–Trinajstić information content (AvgIpc) is 3.25. The minimum absolute atomic E-state index is 0.121. The fourth-order valence-electron chi connectivity index (χ4n) is 4.03. The standard InChI is InChI=1S/C17H29N9O3S2/c18-9-11-4-7-26(8-5-11)13-1-2-14(31(28,29)24-12-3-6-22-10-12)16(30(21)27)15(13)17(19)23-25-20/h1-2,11-12,22,24H,3-10,18,21H2,(H3,19,20,23). The summed E-state index contributed by atoms with van der Waals surface area (Å²) in [6, 6.07) is 2.73. The van der Waals surface area contributed by atoms with Crippen molar-refractivity contribution in [3.8, 4) is 0 Å². The van der Waals surface area contributed by atoms with Gasteiger partial charge in [-0.25, -0.2) is 22.5 Å². The Morgan fingerprint density at radius 2 is 2.03 bits per heavy atom. The second kappa shape index (κ2) is 10.1. The maximum Gasteiger partial charge on any atom is 0.242 e. The van der Waals surface area contributed by atoms with E-state index in [1.807, 2.05) is 4.90 Å². The summed E-state index contributed by atoms with van der Waals surface area (Å²) in [6.07, 6.45) is 2.35. The molecule has 2 heterocycles. The van der Waals surface area contributed by atoms with Gasteiger partial charge in [0, 0.05) is 31.4 Å². The molecule has 0 aromatic heterocycles. The van der Waals surface area contributed by atoms with Crippen molar-refractivity contribution < 1.29 is 12.6 Å². The van der Waals surface area contributed by atoms with Crippen molar-refractivity contribution in [2.75, 3.05) is 37.6 Å². The summed E-state index contributed by atoms with van der Waals surface area (Å²) in [4.78, 5) is 1.63. The number of anilines is 1. The van der Waals surface area contributed by atoms with E-state index >= 15 is 0 Å². The molecule has 0 spiro atoms. The molecule has 2 aliphatic rings. The quantitative estimate of drug-likeness (QED) is 0.122. The SMILES string of the molecule is N=NN=C(N)c1c(N2CCC(CN)CC2)ccc(S(=O)(=O)NC2CCNC2)c1S(N)=O. The third kappa shape index (κ3) is 5.27. The van der Waals surface area contributed by atoms with Crippen molar-refractivity contribution in [3.63, 3.8) is 0 Å². The maximum atomic E-state index is 13.1. The van der Waals surface area contributed by atoms with Gasteiger partial charge in [0.2, 0.25) is 10.0 Å². The zero-order valence-electron chi connectivity index (χ0n) is 17.1. The van der Waals surface area contributed by atoms with E-state index in [1.165, 1.54) is 6.07 Å². The minimum atomic E-state index is -4.04. The molecule has 1 aromatic rings. The van der Waals surface area contributed by atoms with Gasteiger partial charge in [0.25, 0.3) is 0 Å². The molecule has 2 atom stereocenters. The molecule has 1 aromatic carbocycles. The van der Waals surface area contributed by atoms with Crippen LogP contribution in [0.25, 0.3) is 0 Å². The predicted molar refractivity (Wildman–Crippen MR) is 118 cm³/mol. The van der Waals surface area contributed by atoms with Crippen molar-refractivity contribution in [2.45, 2.75) is 35.1 Å². The number of amidine groups is 1. The van der Waals surface area contributed by atoms with Crippen LogP contribution in [0, 0.1) is 11.4 Å². The van der Waals surface area contributed by atoms with Gasteiger partial charge >= 0.3 is 0 Å². The van der Waals surface area contributed by atoms with Crippen LogP contribution in [-0.4, -0.2) is 57.2 Å². The summed E-state index contributed by atoms with van der Waals surface area (Å²) >= 11 is 0. The minimum Gasteiger partial charge on any atom is -0.382 e. The second-order valence-electron chi connectivity index (χ2n) is 7.65. The van der Waals surface area contributed by atoms with Gasteiger partial charge in [-0.2, -0.15) is 5.53 Å². The van der Waals surface area contributed by atoms with E-state index in [9.17, 15) is 12.6 Å². The van der Waals surface area contributed by atoms with Crippen LogP contribution >= 0.6 is 0 Å². The lowest BCUT2D eigenvalue weighted by molar-refractivity contribution is 0.414. The number of rotatable bonds is 8. The molecule has 2 saturated heterocycles. The summed E-state index contributed by atoms with van der Waals surface area (Å²) in [5.74, 6) is 0.181. The number of benzene rings is 1. The van der Waals surface area contributed by atoms with Gasteiger partial charge in [0.05, 0.1) is 10.5 Å². The van der Waals surface area contributed by atoms with Crippen molar-refractivity contribution in [3.05, 3.63) is 17.7 Å². The van der Waals surface area contributed by atoms with Crippen LogP contribution in [-0.2, 0) is 21.0 Å². The van der Waals surface area contributed by atoms with Crippen molar-refractivity contribution >= 4 is 32.5 Å². The van der Waals surface area contributed by atoms with Crippen LogP contribution in [0.4, 0.5) is 5.69 Å². The van der Waals surface area contributed by atoms with E-state index in [4.69, 9.17) is 22.1 Å². The van der Waals surface area contributed by atoms with Crippen molar-refractivity contribution in [1.82, 2.24) is 10.0 Å². The third-order valence-corrected chi connectivity index (χ3v) is 8.19. The first kappa shape index (κ1) is 23.7. The lowest BCUT2D eigenvalue weighted by atomic mass is 9.96. The zero-order valence-corrected chi connectivity index (χ0v) is 18.7. The fraction of sp³-hybridized carbons (Fsp3) is 0.588. The Hall–Kier alpha value is -1.97. The van der Waals surface area contributed by atoms with Crippen molar-refractivity contribution in [2.24, 2.45) is 32.8 Å². The molecule has 0 amide bonds. The van der Waals surface area contributed by atoms with E-state index in [0.29, 0.717) is 50.7 Å². The van der Waals surface area contributed by atoms with Crippen LogP contribution in [0.15, 0.2) is 32.2 Å². The Labute approximate surface area is 184 Å². The number of nitrogens with zero attached hydrogens (tertiary/aromatic N) is 3. The molecule has 0 radical (unpaired) electrons. The molecule has 172 valence electrons. The summed E-state index contributed by atoms with van der Waals surface area (Å²) in [5.41, 5.74) is 19.5. The lowest BCUT2D eigenvalue weighted by Crippen LogP contribution is -2.39. The van der Waals surface area contributed by atoms with Gasteiger partial charge in [0.1, 0.15) is 15.9 Å². The zero-order chi connectivity index (χ0) is 22.6. The Kier molecular flexibility index (Phi) is 7.72. The highest BCUT2D eigenvalue weighted by molar-refractivity contribution is 7.90. The molecule has 31 heavy (non-hydrogen) atoms. The van der Waals surface area contributed by atoms with Crippen LogP contribution in [0.1, 0.15) is 24.8 Å². The Bertz CT molecular complexity index is 969. The molecule has 2 unspecified atom stereocenters. The highest BCUT2D eigenvalue weighted by atomic mass is 32.2. The lowest BCUT2D eigenvalue weighted by Gasteiger charge is -2.35. The van der Waals surface area contributed by atoms with Gasteiger partial charge in [-0.15, -0.1) is 5.10 Å². The van der Waals surface area contributed by atoms with E-state index in [1.54, 1.807) is 6.07 Å². The summed E-state index contributed by atoms with van der Waals surface area (Å²) in [6.45, 7) is 3.13. The molecule has 14 heteroatoms. The van der Waals surface area contributed by atoms with E-state index in [-0.39, 0.29) is 27.2 Å². The number of sulfonamides is 1. The Balaban J connectivity index is 2.11. The molecular weight excluding hydrogens is 442 g/mol. The van der Waals surface area contributed by atoms with Gasteiger partial charge in [-0.05, 0) is 50.4 Å². The van der Waals surface area contributed by atoms with Gasteiger partial charge in [-0.3, -0.25) is 0 Å². The maximum absolute atomic E-state index is 13.1. The van der Waals surface area contributed by atoms with E-state index in [2.05, 4.69) is 20.4 Å². The van der Waals surface area contributed by atoms with Gasteiger partial charge < -0.3 is 21.7 Å². The number of nitrogens with two attached hydrogens (primary N) is 3. The van der Waals surface area contributed by atoms with Gasteiger partial charge in [0.15, 0.2) is 5.84 Å². The second-order valence-corrected chi connectivity index (χ2v) is 10.3. The number of hydrogen-bond acceptors (Lipinski definition) is 8. The van der Waals surface area contributed by atoms with Crippen molar-refractivity contribution in [1.29, 1.82) is 5.53 Å². The van der Waals surface area contributed by atoms with Crippen LogP contribution < -0.4 is 31.5 Å². The van der Waals surface area contributed by atoms with Crippen LogP contribution in [0.5, 0.6) is 0 Å². The fourth-order valence-corrected chi connectivity index (χ4v) is 6.64. The average molecular weight is 472 g/mol. The highest BCUT2D eigenvalue weighted by Crippen LogP contribution is 2.33. The largest absolute Gasteiger partial charge is 0.382 e. The molecule has 0 bridgehead atoms. The molecule has 2 aliphatic heterocycles. The summed E-state index contributed by atoms with van der Waals surface area (Å²) in [7, 11) is -6.23. The molecule has 3 rings (SSSR count). The third-order valence-electron chi connectivity index (χ3n) is 5.67. The molecule has 0 saturated carbocycles. The molecule has 2 fully saturated rings. The van der Waals surface area contributed by atoms with E-state index < -0.39 is 21.0 Å². The first-order valence-corrected chi connectivity index (χ1v) is 12.7.